The summed E-state index contributed by atoms with van der Waals surface area (Å²) < 4.78 is 44.0. The summed E-state index contributed by atoms with van der Waals surface area (Å²) in [4.78, 5) is 11.0. The maximum absolute atomic E-state index is 12.9. The molecule has 0 spiro atoms. The lowest BCUT2D eigenvalue weighted by Gasteiger charge is -2.14. The van der Waals surface area contributed by atoms with Crippen molar-refractivity contribution in [3.8, 4) is 5.88 Å². The van der Waals surface area contributed by atoms with E-state index < -0.39 is 17.6 Å². The summed E-state index contributed by atoms with van der Waals surface area (Å²) in [5, 5.41) is 7.37. The number of benzene rings is 1. The van der Waals surface area contributed by atoms with Gasteiger partial charge in [0.1, 0.15) is 12.2 Å². The molecule has 0 radical (unpaired) electrons. The van der Waals surface area contributed by atoms with Gasteiger partial charge in [0.2, 0.25) is 5.88 Å². The monoisotopic (exact) mass is 405 g/mol. The molecule has 0 amide bonds. The van der Waals surface area contributed by atoms with Crippen molar-refractivity contribution in [1.82, 2.24) is 20.6 Å². The molecule has 0 saturated heterocycles. The molecule has 29 heavy (non-hydrogen) atoms. The molecule has 0 aliphatic rings. The van der Waals surface area contributed by atoms with E-state index in [4.69, 9.17) is 4.74 Å². The molecule has 3 N–H and O–H groups in total. The number of aliphatic imine (C=N–C) groups is 1. The minimum Gasteiger partial charge on any atom is -0.475 e. The Morgan fingerprint density at radius 1 is 1.14 bits per heavy atom. The molecular weight excluding hydrogens is 383 g/mol. The van der Waals surface area contributed by atoms with Gasteiger partial charge >= 0.3 is 6.18 Å². The molecule has 0 fully saturated rings. The predicted molar refractivity (Wildman–Crippen MR) is 106 cm³/mol. The highest BCUT2D eigenvalue weighted by atomic mass is 19.4. The van der Waals surface area contributed by atoms with Crippen molar-refractivity contribution in [2.45, 2.75) is 12.6 Å². The summed E-state index contributed by atoms with van der Waals surface area (Å²) in [6.07, 6.45) is -0.453. The van der Waals surface area contributed by atoms with Gasteiger partial charge in [-0.2, -0.15) is 13.2 Å². The van der Waals surface area contributed by atoms with Gasteiger partial charge in [0, 0.05) is 36.9 Å². The second-order valence-corrected chi connectivity index (χ2v) is 6.24. The Labute approximate surface area is 166 Å². The SMILES string of the molecule is CN=C(NCCOc1ncccc1C(F)(F)F)NCCc1c[nH]c2ccccc12. The summed E-state index contributed by atoms with van der Waals surface area (Å²) in [5.74, 6) is 0.120. The smallest absolute Gasteiger partial charge is 0.421 e. The van der Waals surface area contributed by atoms with Crippen molar-refractivity contribution < 1.29 is 17.9 Å². The maximum atomic E-state index is 12.9. The van der Waals surface area contributed by atoms with Gasteiger partial charge in [0.25, 0.3) is 0 Å². The number of hydrogen-bond donors (Lipinski definition) is 3. The third-order valence-electron chi connectivity index (χ3n) is 4.30. The van der Waals surface area contributed by atoms with Crippen molar-refractivity contribution in [3.05, 3.63) is 59.9 Å². The minimum atomic E-state index is -4.50. The Hall–Kier alpha value is -3.23. The third-order valence-corrected chi connectivity index (χ3v) is 4.30. The van der Waals surface area contributed by atoms with Gasteiger partial charge in [-0.15, -0.1) is 0 Å². The van der Waals surface area contributed by atoms with E-state index in [-0.39, 0.29) is 13.2 Å². The molecule has 2 aromatic heterocycles. The van der Waals surface area contributed by atoms with Crippen LogP contribution in [0.3, 0.4) is 0 Å². The fourth-order valence-corrected chi connectivity index (χ4v) is 2.91. The average Bonchev–Trinajstić information content (AvgIpc) is 3.12. The number of hydrogen-bond acceptors (Lipinski definition) is 3. The van der Waals surface area contributed by atoms with Gasteiger partial charge < -0.3 is 20.4 Å². The Kier molecular flexibility index (Phi) is 6.58. The van der Waals surface area contributed by atoms with E-state index >= 15 is 0 Å². The topological polar surface area (TPSA) is 74.3 Å². The fraction of sp³-hybridized carbons (Fsp3) is 0.300. The molecule has 154 valence electrons. The number of aromatic amines is 1. The summed E-state index contributed by atoms with van der Waals surface area (Å²) in [5.41, 5.74) is 1.40. The van der Waals surface area contributed by atoms with Gasteiger partial charge in [-0.25, -0.2) is 4.98 Å². The van der Waals surface area contributed by atoms with E-state index in [9.17, 15) is 13.2 Å². The molecule has 0 atom stereocenters. The van der Waals surface area contributed by atoms with Crippen molar-refractivity contribution in [3.63, 3.8) is 0 Å². The van der Waals surface area contributed by atoms with Crippen molar-refractivity contribution in [2.24, 2.45) is 4.99 Å². The molecule has 0 saturated carbocycles. The lowest BCUT2D eigenvalue weighted by atomic mass is 10.1. The lowest BCUT2D eigenvalue weighted by Crippen LogP contribution is -2.40. The van der Waals surface area contributed by atoms with Crippen LogP contribution in [-0.2, 0) is 12.6 Å². The summed E-state index contributed by atoms with van der Waals surface area (Å²) in [7, 11) is 1.63. The van der Waals surface area contributed by atoms with Crippen LogP contribution in [0.4, 0.5) is 13.2 Å². The van der Waals surface area contributed by atoms with Gasteiger partial charge in [0.15, 0.2) is 5.96 Å². The first-order valence-corrected chi connectivity index (χ1v) is 9.13. The van der Waals surface area contributed by atoms with Crippen LogP contribution in [0.25, 0.3) is 10.9 Å². The predicted octanol–water partition coefficient (Wildman–Crippen LogP) is 3.37. The number of aromatic nitrogens is 2. The summed E-state index contributed by atoms with van der Waals surface area (Å²) in [6.45, 7) is 0.949. The highest BCUT2D eigenvalue weighted by Gasteiger charge is 2.34. The quantitative estimate of drug-likeness (QED) is 0.320. The molecule has 0 aliphatic carbocycles. The number of nitrogens with zero attached hydrogens (tertiary/aromatic N) is 2. The van der Waals surface area contributed by atoms with Crippen LogP contribution < -0.4 is 15.4 Å². The standard InChI is InChI=1S/C20H22F3N5O/c1-24-19(26-10-8-14-13-28-17-7-3-2-5-15(14)17)27-11-12-29-18-16(20(21,22)23)6-4-9-25-18/h2-7,9,13,28H,8,10-12H2,1H3,(H2,24,26,27). The number of para-hydroxylation sites is 1. The van der Waals surface area contributed by atoms with Gasteiger partial charge in [-0.3, -0.25) is 4.99 Å². The highest BCUT2D eigenvalue weighted by molar-refractivity contribution is 5.83. The Morgan fingerprint density at radius 2 is 1.93 bits per heavy atom. The Bertz CT molecular complexity index is 968. The van der Waals surface area contributed by atoms with Crippen LogP contribution in [-0.4, -0.2) is 42.7 Å². The number of nitrogens with one attached hydrogen (secondary N) is 3. The Morgan fingerprint density at radius 3 is 2.72 bits per heavy atom. The zero-order valence-electron chi connectivity index (χ0n) is 15.9. The Balaban J connectivity index is 1.43. The van der Waals surface area contributed by atoms with Crippen molar-refractivity contribution in [1.29, 1.82) is 0 Å². The number of pyridine rings is 1. The number of alkyl halides is 3. The van der Waals surface area contributed by atoms with E-state index in [1.807, 2.05) is 24.4 Å². The number of halogens is 3. The molecule has 1 aromatic carbocycles. The number of ether oxygens (including phenoxy) is 1. The van der Waals surface area contributed by atoms with Crippen LogP contribution in [0.2, 0.25) is 0 Å². The van der Waals surface area contributed by atoms with E-state index in [1.165, 1.54) is 23.2 Å². The van der Waals surface area contributed by atoms with Gasteiger partial charge in [-0.05, 0) is 30.2 Å². The molecular formula is C20H22F3N5O. The first-order chi connectivity index (χ1) is 14.0. The largest absolute Gasteiger partial charge is 0.475 e. The number of fused-ring (bicyclic) bond motifs is 1. The lowest BCUT2D eigenvalue weighted by molar-refractivity contribution is -0.139. The zero-order chi connectivity index (χ0) is 20.7. The molecule has 0 bridgehead atoms. The van der Waals surface area contributed by atoms with Crippen LogP contribution in [0.5, 0.6) is 5.88 Å². The van der Waals surface area contributed by atoms with E-state index in [0.29, 0.717) is 12.5 Å². The first-order valence-electron chi connectivity index (χ1n) is 9.13. The molecule has 9 heteroatoms. The summed E-state index contributed by atoms with van der Waals surface area (Å²) >= 11 is 0. The van der Waals surface area contributed by atoms with Crippen molar-refractivity contribution in [2.75, 3.05) is 26.7 Å². The van der Waals surface area contributed by atoms with Crippen molar-refractivity contribution >= 4 is 16.9 Å². The van der Waals surface area contributed by atoms with Crippen LogP contribution in [0.15, 0.2) is 53.8 Å². The second kappa shape index (κ2) is 9.31. The second-order valence-electron chi connectivity index (χ2n) is 6.24. The molecule has 2 heterocycles. The molecule has 3 aromatic rings. The molecule has 6 nitrogen and oxygen atoms in total. The molecule has 0 unspecified atom stereocenters. The number of rotatable bonds is 7. The zero-order valence-corrected chi connectivity index (χ0v) is 15.9. The van der Waals surface area contributed by atoms with Crippen LogP contribution >= 0.6 is 0 Å². The number of guanidine groups is 1. The maximum Gasteiger partial charge on any atom is 0.421 e. The highest BCUT2D eigenvalue weighted by Crippen LogP contribution is 2.34. The average molecular weight is 405 g/mol. The fourth-order valence-electron chi connectivity index (χ4n) is 2.91. The van der Waals surface area contributed by atoms with Gasteiger partial charge in [-0.1, -0.05) is 18.2 Å². The van der Waals surface area contributed by atoms with E-state index in [1.54, 1.807) is 7.05 Å². The normalized spacial score (nSPS) is 12.2. The van der Waals surface area contributed by atoms with Crippen LogP contribution in [0, 0.1) is 0 Å². The van der Waals surface area contributed by atoms with Crippen LogP contribution in [0.1, 0.15) is 11.1 Å². The first kappa shape index (κ1) is 20.5. The summed E-state index contributed by atoms with van der Waals surface area (Å²) in [6, 6.07) is 10.3. The molecule has 0 aliphatic heterocycles. The minimum absolute atomic E-state index is 0.0171. The third kappa shape index (κ3) is 5.40. The molecule has 3 rings (SSSR count). The number of H-pyrrole nitrogens is 1. The van der Waals surface area contributed by atoms with E-state index in [2.05, 4.69) is 31.7 Å². The van der Waals surface area contributed by atoms with E-state index in [0.717, 1.165) is 18.0 Å². The van der Waals surface area contributed by atoms with Gasteiger partial charge in [0.05, 0.1) is 6.54 Å².